The molecular weight excluding hydrogens is 262 g/mol. The van der Waals surface area contributed by atoms with Crippen molar-refractivity contribution in [1.82, 2.24) is 5.06 Å². The van der Waals surface area contributed by atoms with Crippen LogP contribution in [-0.4, -0.2) is 54.8 Å². The summed E-state index contributed by atoms with van der Waals surface area (Å²) in [6.07, 6.45) is 0. The minimum atomic E-state index is -0.678. The van der Waals surface area contributed by atoms with Gasteiger partial charge in [-0.2, -0.15) is 0 Å². The number of rotatable bonds is 3. The van der Waals surface area contributed by atoms with Crippen molar-refractivity contribution in [2.24, 2.45) is 5.92 Å². The summed E-state index contributed by atoms with van der Waals surface area (Å²) < 4.78 is 11.2. The average molecular weight is 279 g/mol. The Balaban J connectivity index is 1.48. The Morgan fingerprint density at radius 2 is 1.95 bits per heavy atom. The molecular formula is C14H17NO5. The van der Waals surface area contributed by atoms with E-state index in [0.717, 1.165) is 0 Å². The molecule has 2 aliphatic rings. The van der Waals surface area contributed by atoms with E-state index in [1.807, 2.05) is 6.07 Å². The number of carbonyl (C=O) groups is 1. The molecule has 20 heavy (non-hydrogen) atoms. The van der Waals surface area contributed by atoms with Crippen molar-refractivity contribution >= 4 is 5.97 Å². The van der Waals surface area contributed by atoms with Crippen molar-refractivity contribution in [3.63, 3.8) is 0 Å². The van der Waals surface area contributed by atoms with Crippen LogP contribution in [0.4, 0.5) is 0 Å². The van der Waals surface area contributed by atoms with E-state index in [9.17, 15) is 4.79 Å². The molecule has 2 saturated heterocycles. The molecule has 0 aliphatic carbocycles. The Morgan fingerprint density at radius 3 is 2.55 bits per heavy atom. The summed E-state index contributed by atoms with van der Waals surface area (Å²) in [6, 6.07) is 8.83. The van der Waals surface area contributed by atoms with Crippen molar-refractivity contribution in [3.05, 3.63) is 35.9 Å². The fourth-order valence-corrected chi connectivity index (χ4v) is 2.22. The van der Waals surface area contributed by atoms with Gasteiger partial charge in [-0.1, -0.05) is 18.2 Å². The molecule has 1 spiro atoms. The molecule has 6 nitrogen and oxygen atoms in total. The van der Waals surface area contributed by atoms with Crippen LogP contribution in [0.2, 0.25) is 0 Å². The molecule has 2 fully saturated rings. The average Bonchev–Trinajstić information content (AvgIpc) is 2.47. The number of aliphatic hydroxyl groups excluding tert-OH is 1. The number of nitrogens with zero attached hydrogens (tertiary/aromatic N) is 1. The Kier molecular flexibility index (Phi) is 3.71. The maximum Gasteiger partial charge on any atom is 0.357 e. The molecule has 1 aromatic carbocycles. The van der Waals surface area contributed by atoms with Gasteiger partial charge in [0.1, 0.15) is 0 Å². The number of hydrogen-bond acceptors (Lipinski definition) is 6. The van der Waals surface area contributed by atoms with Crippen LogP contribution in [0.25, 0.3) is 0 Å². The van der Waals surface area contributed by atoms with Gasteiger partial charge in [0.05, 0.1) is 38.5 Å². The minimum absolute atomic E-state index is 0.0292. The monoisotopic (exact) mass is 279 g/mol. The van der Waals surface area contributed by atoms with E-state index in [0.29, 0.717) is 31.9 Å². The summed E-state index contributed by atoms with van der Waals surface area (Å²) in [4.78, 5) is 17.1. The van der Waals surface area contributed by atoms with Crippen molar-refractivity contribution in [2.75, 3.05) is 32.9 Å². The molecule has 0 unspecified atom stereocenters. The van der Waals surface area contributed by atoms with Crippen molar-refractivity contribution in [2.45, 2.75) is 5.79 Å². The highest BCUT2D eigenvalue weighted by Gasteiger charge is 2.50. The van der Waals surface area contributed by atoms with Crippen molar-refractivity contribution in [3.8, 4) is 0 Å². The van der Waals surface area contributed by atoms with Gasteiger partial charge >= 0.3 is 5.97 Å². The smallest absolute Gasteiger partial charge is 0.357 e. The van der Waals surface area contributed by atoms with Crippen LogP contribution in [-0.2, 0) is 14.3 Å². The highest BCUT2D eigenvalue weighted by molar-refractivity contribution is 5.89. The van der Waals surface area contributed by atoms with Gasteiger partial charge in [-0.15, -0.1) is 5.06 Å². The first kappa shape index (κ1) is 13.5. The van der Waals surface area contributed by atoms with Gasteiger partial charge < -0.3 is 19.4 Å². The highest BCUT2D eigenvalue weighted by Crippen LogP contribution is 2.31. The first-order valence-corrected chi connectivity index (χ1v) is 6.62. The molecule has 0 radical (unpaired) electrons. The first-order valence-electron chi connectivity index (χ1n) is 6.62. The van der Waals surface area contributed by atoms with Gasteiger partial charge in [0.15, 0.2) is 0 Å². The molecule has 2 heterocycles. The summed E-state index contributed by atoms with van der Waals surface area (Å²) in [5, 5.41) is 10.5. The maximum atomic E-state index is 11.8. The third-order valence-electron chi connectivity index (χ3n) is 3.48. The summed E-state index contributed by atoms with van der Waals surface area (Å²) in [5.41, 5.74) is 0.513. The van der Waals surface area contributed by atoms with Gasteiger partial charge in [0.2, 0.25) is 5.79 Å². The van der Waals surface area contributed by atoms with E-state index < -0.39 is 5.79 Å². The topological polar surface area (TPSA) is 68.2 Å². The Hall–Kier alpha value is -1.47. The predicted molar refractivity (Wildman–Crippen MR) is 68.6 cm³/mol. The highest BCUT2D eigenvalue weighted by atomic mass is 16.8. The van der Waals surface area contributed by atoms with Crippen LogP contribution in [0, 0.1) is 5.92 Å². The molecule has 1 aromatic rings. The summed E-state index contributed by atoms with van der Waals surface area (Å²) in [5.74, 6) is -1.03. The molecule has 2 aliphatic heterocycles. The van der Waals surface area contributed by atoms with Gasteiger partial charge in [-0.3, -0.25) is 0 Å². The normalized spacial score (nSPS) is 22.4. The minimum Gasteiger partial charge on any atom is -0.396 e. The van der Waals surface area contributed by atoms with Crippen LogP contribution >= 0.6 is 0 Å². The summed E-state index contributed by atoms with van der Waals surface area (Å²) >= 11 is 0. The molecule has 0 amide bonds. The summed E-state index contributed by atoms with van der Waals surface area (Å²) in [7, 11) is 0. The first-order chi connectivity index (χ1) is 9.71. The fraction of sp³-hybridized carbons (Fsp3) is 0.500. The van der Waals surface area contributed by atoms with Crippen LogP contribution in [0.15, 0.2) is 30.3 Å². The number of aliphatic hydroxyl groups is 1. The lowest BCUT2D eigenvalue weighted by atomic mass is 10.1. The number of carbonyl (C=O) groups excluding carboxylic acids is 1. The van der Waals surface area contributed by atoms with E-state index in [-0.39, 0.29) is 18.5 Å². The van der Waals surface area contributed by atoms with Crippen LogP contribution in [0.5, 0.6) is 0 Å². The molecule has 0 saturated carbocycles. The number of ether oxygens (including phenoxy) is 2. The number of benzene rings is 1. The molecule has 0 aromatic heterocycles. The van der Waals surface area contributed by atoms with E-state index in [2.05, 4.69) is 0 Å². The number of hydrogen-bond donors (Lipinski definition) is 1. The zero-order valence-corrected chi connectivity index (χ0v) is 11.0. The zero-order chi connectivity index (χ0) is 14.0. The largest absolute Gasteiger partial charge is 0.396 e. The Morgan fingerprint density at radius 1 is 1.30 bits per heavy atom. The second-order valence-electron chi connectivity index (χ2n) is 5.12. The van der Waals surface area contributed by atoms with Crippen LogP contribution in [0.1, 0.15) is 10.4 Å². The van der Waals surface area contributed by atoms with E-state index in [1.165, 1.54) is 5.06 Å². The maximum absolute atomic E-state index is 11.8. The van der Waals surface area contributed by atoms with E-state index >= 15 is 0 Å². The third-order valence-corrected chi connectivity index (χ3v) is 3.48. The lowest BCUT2D eigenvalue weighted by molar-refractivity contribution is -0.379. The molecule has 1 N–H and O–H groups in total. The molecule has 108 valence electrons. The lowest BCUT2D eigenvalue weighted by Crippen LogP contribution is -2.67. The third kappa shape index (κ3) is 2.69. The second kappa shape index (κ2) is 5.49. The molecule has 6 heteroatoms. The van der Waals surface area contributed by atoms with E-state index in [4.69, 9.17) is 19.4 Å². The zero-order valence-electron chi connectivity index (χ0n) is 11.0. The van der Waals surface area contributed by atoms with Gasteiger partial charge in [0.25, 0.3) is 0 Å². The molecule has 3 rings (SSSR count). The van der Waals surface area contributed by atoms with Gasteiger partial charge in [-0.05, 0) is 12.1 Å². The standard InChI is InChI=1S/C14H17NO5/c16-6-11-7-18-14(19-8-11)9-15(10-14)20-13(17)12-4-2-1-3-5-12/h1-5,11,16H,6-10H2. The lowest BCUT2D eigenvalue weighted by Gasteiger charge is -2.49. The Bertz CT molecular complexity index is 462. The van der Waals surface area contributed by atoms with Crippen molar-refractivity contribution in [1.29, 1.82) is 0 Å². The quantitative estimate of drug-likeness (QED) is 0.865. The summed E-state index contributed by atoms with van der Waals surface area (Å²) in [6.45, 7) is 1.78. The van der Waals surface area contributed by atoms with Gasteiger partial charge in [0, 0.05) is 5.92 Å². The molecule has 0 bridgehead atoms. The predicted octanol–water partition coefficient (Wildman–Crippen LogP) is 0.426. The van der Waals surface area contributed by atoms with Crippen LogP contribution < -0.4 is 0 Å². The fourth-order valence-electron chi connectivity index (χ4n) is 2.22. The van der Waals surface area contributed by atoms with E-state index in [1.54, 1.807) is 24.3 Å². The van der Waals surface area contributed by atoms with Crippen LogP contribution in [0.3, 0.4) is 0 Å². The Labute approximate surface area is 116 Å². The van der Waals surface area contributed by atoms with Gasteiger partial charge in [-0.25, -0.2) is 4.79 Å². The van der Waals surface area contributed by atoms with Crippen molar-refractivity contribution < 1.29 is 24.2 Å². The second-order valence-corrected chi connectivity index (χ2v) is 5.12. The SMILES string of the molecule is O=C(ON1CC2(C1)OCC(CO)CO2)c1ccccc1. The molecule has 0 atom stereocenters. The number of hydroxylamine groups is 2.